The average Bonchev–Trinajstić information content (AvgIpc) is 1.93. The van der Waals surface area contributed by atoms with Gasteiger partial charge in [-0.1, -0.05) is 12.1 Å². The summed E-state index contributed by atoms with van der Waals surface area (Å²) in [4.78, 5) is 0. The molecule has 3 heteroatoms. The number of hydrogen-bond acceptors (Lipinski definition) is 3. The molecular weight excluding hydrogens is 140 g/mol. The van der Waals surface area contributed by atoms with Crippen molar-refractivity contribution in [3.8, 4) is 5.75 Å². The molecule has 0 saturated heterocycles. The van der Waals surface area contributed by atoms with Crippen molar-refractivity contribution in [3.63, 3.8) is 0 Å². The molecule has 0 atom stereocenters. The number of aromatic hydroxyl groups is 1. The molecule has 0 aliphatic heterocycles. The van der Waals surface area contributed by atoms with Crippen molar-refractivity contribution < 1.29 is 5.11 Å². The highest BCUT2D eigenvalue weighted by atomic mass is 16.3. The molecule has 1 rings (SSSR count). The van der Waals surface area contributed by atoms with Crippen LogP contribution in [-0.2, 0) is 6.54 Å². The van der Waals surface area contributed by atoms with Crippen LogP contribution in [-0.4, -0.2) is 17.2 Å². The molecule has 0 aromatic heterocycles. The van der Waals surface area contributed by atoms with Gasteiger partial charge >= 0.3 is 0 Å². The van der Waals surface area contributed by atoms with Gasteiger partial charge in [0.1, 0.15) is 5.75 Å². The summed E-state index contributed by atoms with van der Waals surface area (Å²) in [5.74, 6) is 5.72. The molecule has 0 bridgehead atoms. The van der Waals surface area contributed by atoms with E-state index in [4.69, 9.17) is 10.9 Å². The molecule has 0 aliphatic rings. The van der Waals surface area contributed by atoms with Crippen molar-refractivity contribution in [1.82, 2.24) is 5.01 Å². The predicted octanol–water partition coefficient (Wildman–Crippen LogP) is 0.698. The van der Waals surface area contributed by atoms with E-state index in [-0.39, 0.29) is 5.75 Å². The van der Waals surface area contributed by atoms with Crippen LogP contribution in [0.2, 0.25) is 0 Å². The molecule has 0 heterocycles. The fourth-order valence-corrected chi connectivity index (χ4v) is 0.889. The van der Waals surface area contributed by atoms with E-state index in [1.54, 1.807) is 24.2 Å². The van der Waals surface area contributed by atoms with Gasteiger partial charge < -0.3 is 5.11 Å². The van der Waals surface area contributed by atoms with Crippen LogP contribution in [0.25, 0.3) is 0 Å². The molecule has 11 heavy (non-hydrogen) atoms. The Hall–Kier alpha value is -1.06. The third kappa shape index (κ3) is 2.57. The molecule has 0 radical (unpaired) electrons. The molecule has 0 saturated carbocycles. The lowest BCUT2D eigenvalue weighted by Gasteiger charge is -2.08. The highest BCUT2D eigenvalue weighted by molar-refractivity contribution is 5.25. The van der Waals surface area contributed by atoms with Crippen LogP contribution in [0.3, 0.4) is 0 Å². The SMILES string of the molecule is CN(N)Cc1ccc(O)cc1. The summed E-state index contributed by atoms with van der Waals surface area (Å²) in [7, 11) is 1.80. The summed E-state index contributed by atoms with van der Waals surface area (Å²) < 4.78 is 0. The molecule has 60 valence electrons. The lowest BCUT2D eigenvalue weighted by molar-refractivity contribution is 0.341. The molecule has 3 N–H and O–H groups in total. The summed E-state index contributed by atoms with van der Waals surface area (Å²) in [6.45, 7) is 0.695. The van der Waals surface area contributed by atoms with Gasteiger partial charge in [0.05, 0.1) is 0 Å². The summed E-state index contributed by atoms with van der Waals surface area (Å²) in [5.41, 5.74) is 1.09. The standard InChI is InChI=1S/C8H12N2O/c1-10(9)6-7-2-4-8(11)5-3-7/h2-5,11H,6,9H2,1H3. The average molecular weight is 152 g/mol. The first-order valence-corrected chi connectivity index (χ1v) is 3.42. The van der Waals surface area contributed by atoms with Gasteiger partial charge in [0, 0.05) is 13.6 Å². The number of phenols is 1. The number of nitrogens with two attached hydrogens (primary N) is 1. The number of hydrazine groups is 1. The molecule has 0 spiro atoms. The summed E-state index contributed by atoms with van der Waals surface area (Å²) in [6.07, 6.45) is 0. The fraction of sp³-hybridized carbons (Fsp3) is 0.250. The molecule has 1 aromatic rings. The third-order valence-electron chi connectivity index (χ3n) is 1.37. The molecular formula is C8H12N2O. The summed E-state index contributed by atoms with van der Waals surface area (Å²) in [5, 5.41) is 10.5. The Morgan fingerprint density at radius 1 is 1.36 bits per heavy atom. The monoisotopic (exact) mass is 152 g/mol. The van der Waals surface area contributed by atoms with Crippen LogP contribution < -0.4 is 5.84 Å². The molecule has 0 fully saturated rings. The van der Waals surface area contributed by atoms with Crippen LogP contribution >= 0.6 is 0 Å². The van der Waals surface area contributed by atoms with Crippen LogP contribution in [0.5, 0.6) is 5.75 Å². The van der Waals surface area contributed by atoms with E-state index in [9.17, 15) is 0 Å². The van der Waals surface area contributed by atoms with E-state index in [0.717, 1.165) is 5.56 Å². The van der Waals surface area contributed by atoms with Crippen LogP contribution in [0.1, 0.15) is 5.56 Å². The van der Waals surface area contributed by atoms with Crippen LogP contribution in [0.15, 0.2) is 24.3 Å². The largest absolute Gasteiger partial charge is 0.508 e. The first-order chi connectivity index (χ1) is 5.18. The van der Waals surface area contributed by atoms with Gasteiger partial charge in [-0.2, -0.15) is 0 Å². The lowest BCUT2D eigenvalue weighted by Crippen LogP contribution is -2.24. The zero-order valence-corrected chi connectivity index (χ0v) is 6.49. The minimum Gasteiger partial charge on any atom is -0.508 e. The predicted molar refractivity (Wildman–Crippen MR) is 43.8 cm³/mol. The van der Waals surface area contributed by atoms with Crippen LogP contribution in [0, 0.1) is 0 Å². The molecule has 0 aliphatic carbocycles. The first-order valence-electron chi connectivity index (χ1n) is 3.42. The van der Waals surface area contributed by atoms with Crippen molar-refractivity contribution in [2.75, 3.05) is 7.05 Å². The fourth-order valence-electron chi connectivity index (χ4n) is 0.889. The van der Waals surface area contributed by atoms with Crippen molar-refractivity contribution in [1.29, 1.82) is 0 Å². The maximum absolute atomic E-state index is 8.95. The van der Waals surface area contributed by atoms with Crippen molar-refractivity contribution in [3.05, 3.63) is 29.8 Å². The van der Waals surface area contributed by atoms with E-state index in [1.165, 1.54) is 0 Å². The van der Waals surface area contributed by atoms with E-state index in [1.807, 2.05) is 12.1 Å². The molecule has 3 nitrogen and oxygen atoms in total. The Morgan fingerprint density at radius 3 is 2.36 bits per heavy atom. The highest BCUT2D eigenvalue weighted by Gasteiger charge is 1.93. The normalized spacial score (nSPS) is 10.5. The van der Waals surface area contributed by atoms with Gasteiger partial charge in [0.2, 0.25) is 0 Å². The number of benzene rings is 1. The van der Waals surface area contributed by atoms with Gasteiger partial charge in [-0.3, -0.25) is 5.84 Å². The Morgan fingerprint density at radius 2 is 1.91 bits per heavy atom. The second-order valence-corrected chi connectivity index (χ2v) is 2.58. The van der Waals surface area contributed by atoms with Gasteiger partial charge in [0.25, 0.3) is 0 Å². The van der Waals surface area contributed by atoms with Crippen LogP contribution in [0.4, 0.5) is 0 Å². The summed E-state index contributed by atoms with van der Waals surface area (Å²) >= 11 is 0. The van der Waals surface area contributed by atoms with Gasteiger partial charge in [-0.25, -0.2) is 5.01 Å². The third-order valence-corrected chi connectivity index (χ3v) is 1.37. The second kappa shape index (κ2) is 3.37. The van der Waals surface area contributed by atoms with Crippen molar-refractivity contribution in [2.24, 2.45) is 5.84 Å². The van der Waals surface area contributed by atoms with E-state index in [0.29, 0.717) is 6.54 Å². The van der Waals surface area contributed by atoms with Crippen molar-refractivity contribution in [2.45, 2.75) is 6.54 Å². The Kier molecular flexibility index (Phi) is 2.46. The smallest absolute Gasteiger partial charge is 0.115 e. The number of hydrogen-bond donors (Lipinski definition) is 2. The quantitative estimate of drug-likeness (QED) is 0.484. The second-order valence-electron chi connectivity index (χ2n) is 2.58. The van der Waals surface area contributed by atoms with Gasteiger partial charge in [-0.15, -0.1) is 0 Å². The highest BCUT2D eigenvalue weighted by Crippen LogP contribution is 2.09. The first kappa shape index (κ1) is 8.04. The Bertz CT molecular complexity index is 218. The zero-order chi connectivity index (χ0) is 8.27. The molecule has 1 aromatic carbocycles. The van der Waals surface area contributed by atoms with Crippen molar-refractivity contribution >= 4 is 0 Å². The maximum atomic E-state index is 8.95. The number of phenolic OH excluding ortho intramolecular Hbond substituents is 1. The van der Waals surface area contributed by atoms with E-state index >= 15 is 0 Å². The Balaban J connectivity index is 2.66. The molecule has 0 unspecified atom stereocenters. The minimum absolute atomic E-state index is 0.286. The molecule has 0 amide bonds. The zero-order valence-electron chi connectivity index (χ0n) is 6.49. The Labute approximate surface area is 66.0 Å². The summed E-state index contributed by atoms with van der Waals surface area (Å²) in [6, 6.07) is 7.00. The topological polar surface area (TPSA) is 49.5 Å². The minimum atomic E-state index is 0.286. The maximum Gasteiger partial charge on any atom is 0.115 e. The lowest BCUT2D eigenvalue weighted by atomic mass is 10.2. The van der Waals surface area contributed by atoms with Gasteiger partial charge in [-0.05, 0) is 17.7 Å². The van der Waals surface area contributed by atoms with E-state index < -0.39 is 0 Å². The number of nitrogens with zero attached hydrogens (tertiary/aromatic N) is 1. The number of rotatable bonds is 2. The van der Waals surface area contributed by atoms with E-state index in [2.05, 4.69) is 0 Å². The van der Waals surface area contributed by atoms with Gasteiger partial charge in [0.15, 0.2) is 0 Å².